The molecule has 0 unspecified atom stereocenters. The van der Waals surface area contributed by atoms with Crippen molar-refractivity contribution in [2.45, 2.75) is 40.7 Å². The number of nitrogens with zero attached hydrogens (tertiary/aromatic N) is 2. The van der Waals surface area contributed by atoms with E-state index < -0.39 is 0 Å². The number of hydrogen-bond donors (Lipinski definition) is 1. The lowest BCUT2D eigenvalue weighted by Gasteiger charge is -2.08. The molecule has 3 rings (SSSR count). The average molecular weight is 369 g/mol. The normalized spacial score (nSPS) is 11.3. The van der Waals surface area contributed by atoms with Gasteiger partial charge in [-0.2, -0.15) is 0 Å². The molecule has 0 bridgehead atoms. The minimum atomic E-state index is -0.201. The van der Waals surface area contributed by atoms with Crippen molar-refractivity contribution in [3.05, 3.63) is 57.0 Å². The highest BCUT2D eigenvalue weighted by atomic mass is 32.1. The molecule has 0 saturated heterocycles. The molecule has 0 saturated carbocycles. The molecule has 1 amide bonds. The molecule has 0 aliphatic rings. The quantitative estimate of drug-likeness (QED) is 0.726. The Bertz CT molecular complexity index is 1020. The number of para-hydroxylation sites is 1. The third-order valence-electron chi connectivity index (χ3n) is 4.46. The summed E-state index contributed by atoms with van der Waals surface area (Å²) in [5.41, 5.74) is 2.40. The number of anilines is 1. The fourth-order valence-electron chi connectivity index (χ4n) is 2.82. The summed E-state index contributed by atoms with van der Waals surface area (Å²) < 4.78 is 1.64. The minimum Gasteiger partial charge on any atom is -0.321 e. The molecule has 5 nitrogen and oxygen atoms in total. The van der Waals surface area contributed by atoms with Crippen LogP contribution >= 0.6 is 11.3 Å². The van der Waals surface area contributed by atoms with Crippen LogP contribution < -0.4 is 10.9 Å². The fourth-order valence-corrected chi connectivity index (χ4v) is 3.86. The molecular formula is C20H23N3O2S. The highest BCUT2D eigenvalue weighted by Gasteiger charge is 2.20. The van der Waals surface area contributed by atoms with Gasteiger partial charge in [0.1, 0.15) is 4.83 Å². The van der Waals surface area contributed by atoms with Crippen LogP contribution in [0.4, 0.5) is 5.69 Å². The number of nitrogens with one attached hydrogen (secondary N) is 1. The first-order chi connectivity index (χ1) is 12.4. The summed E-state index contributed by atoms with van der Waals surface area (Å²) >= 11 is 1.27. The van der Waals surface area contributed by atoms with Crippen molar-refractivity contribution < 1.29 is 4.79 Å². The van der Waals surface area contributed by atoms with E-state index in [1.54, 1.807) is 10.9 Å². The molecule has 0 spiro atoms. The Hall–Kier alpha value is -2.47. The molecule has 136 valence electrons. The Balaban J connectivity index is 1.96. The van der Waals surface area contributed by atoms with Crippen molar-refractivity contribution in [2.75, 3.05) is 5.32 Å². The molecule has 1 aromatic carbocycles. The van der Waals surface area contributed by atoms with Gasteiger partial charge in [-0.1, -0.05) is 32.0 Å². The van der Waals surface area contributed by atoms with Crippen LogP contribution in [0.2, 0.25) is 0 Å². The van der Waals surface area contributed by atoms with Gasteiger partial charge >= 0.3 is 0 Å². The lowest BCUT2D eigenvalue weighted by atomic mass is 10.1. The second-order valence-corrected chi connectivity index (χ2v) is 7.93. The van der Waals surface area contributed by atoms with E-state index in [0.717, 1.165) is 17.7 Å². The number of fused-ring (bicyclic) bond motifs is 1. The van der Waals surface area contributed by atoms with Crippen LogP contribution in [0.1, 0.15) is 41.1 Å². The Kier molecular flexibility index (Phi) is 5.23. The number of benzene rings is 1. The number of aryl methyl sites for hydroxylation is 3. The molecule has 3 aromatic rings. The molecule has 1 N–H and O–H groups in total. The van der Waals surface area contributed by atoms with Gasteiger partial charge in [0.2, 0.25) is 0 Å². The Morgan fingerprint density at radius 1 is 1.27 bits per heavy atom. The third kappa shape index (κ3) is 3.55. The summed E-state index contributed by atoms with van der Waals surface area (Å²) in [6, 6.07) is 7.63. The van der Waals surface area contributed by atoms with E-state index in [1.807, 2.05) is 38.1 Å². The van der Waals surface area contributed by atoms with Crippen LogP contribution in [0.15, 0.2) is 35.4 Å². The lowest BCUT2D eigenvalue weighted by Crippen LogP contribution is -2.21. The summed E-state index contributed by atoms with van der Waals surface area (Å²) in [5, 5.41) is 3.49. The van der Waals surface area contributed by atoms with Crippen molar-refractivity contribution in [1.29, 1.82) is 0 Å². The SMILES string of the molecule is Cc1ccccc1NC(=O)c1sc2ncn(CCC(C)C)c(=O)c2c1C. The van der Waals surface area contributed by atoms with Gasteiger partial charge in [-0.25, -0.2) is 4.98 Å². The van der Waals surface area contributed by atoms with Gasteiger partial charge in [-0.15, -0.1) is 11.3 Å². The number of carbonyl (C=O) groups excluding carboxylic acids is 1. The van der Waals surface area contributed by atoms with Crippen LogP contribution in [0.5, 0.6) is 0 Å². The monoisotopic (exact) mass is 369 g/mol. The number of aromatic nitrogens is 2. The van der Waals surface area contributed by atoms with Gasteiger partial charge in [-0.3, -0.25) is 14.2 Å². The van der Waals surface area contributed by atoms with Crippen molar-refractivity contribution in [1.82, 2.24) is 9.55 Å². The van der Waals surface area contributed by atoms with Crippen molar-refractivity contribution in [3.63, 3.8) is 0 Å². The first-order valence-corrected chi connectivity index (χ1v) is 9.55. The van der Waals surface area contributed by atoms with Crippen LogP contribution in [0.3, 0.4) is 0 Å². The highest BCUT2D eigenvalue weighted by molar-refractivity contribution is 7.20. The van der Waals surface area contributed by atoms with E-state index in [1.165, 1.54) is 11.3 Å². The van der Waals surface area contributed by atoms with Crippen molar-refractivity contribution in [2.24, 2.45) is 5.92 Å². The van der Waals surface area contributed by atoms with Crippen molar-refractivity contribution in [3.8, 4) is 0 Å². The predicted molar refractivity (Wildman–Crippen MR) is 107 cm³/mol. The van der Waals surface area contributed by atoms with Crippen molar-refractivity contribution >= 4 is 33.1 Å². The van der Waals surface area contributed by atoms with Gasteiger partial charge in [0.25, 0.3) is 11.5 Å². The van der Waals surface area contributed by atoms with E-state index in [9.17, 15) is 9.59 Å². The molecule has 0 aliphatic carbocycles. The number of amides is 1. The number of rotatable bonds is 5. The second kappa shape index (κ2) is 7.41. The molecule has 0 aliphatic heterocycles. The standard InChI is InChI=1S/C20H23N3O2S/c1-12(2)9-10-23-11-21-19-16(20(23)25)14(4)17(26-19)18(24)22-15-8-6-5-7-13(15)3/h5-8,11-12H,9-10H2,1-4H3,(H,22,24). The smallest absolute Gasteiger partial charge is 0.266 e. The van der Waals surface area contributed by atoms with E-state index in [2.05, 4.69) is 24.1 Å². The topological polar surface area (TPSA) is 64.0 Å². The van der Waals surface area contributed by atoms with E-state index >= 15 is 0 Å². The zero-order valence-corrected chi connectivity index (χ0v) is 16.3. The molecule has 0 radical (unpaired) electrons. The van der Waals surface area contributed by atoms with Gasteiger partial charge in [0.15, 0.2) is 0 Å². The maximum atomic E-state index is 12.8. The molecule has 6 heteroatoms. The summed E-state index contributed by atoms with van der Waals surface area (Å²) in [6.07, 6.45) is 2.50. The number of thiophene rings is 1. The van der Waals surface area contributed by atoms with Gasteiger partial charge in [-0.05, 0) is 43.4 Å². The molecular weight excluding hydrogens is 346 g/mol. The Morgan fingerprint density at radius 2 is 2.00 bits per heavy atom. The first kappa shape index (κ1) is 18.3. The molecule has 26 heavy (non-hydrogen) atoms. The average Bonchev–Trinajstić information content (AvgIpc) is 2.94. The molecule has 2 aromatic heterocycles. The maximum absolute atomic E-state index is 12.8. The summed E-state index contributed by atoms with van der Waals surface area (Å²) in [4.78, 5) is 31.1. The van der Waals surface area contributed by atoms with Gasteiger partial charge in [0, 0.05) is 12.2 Å². The minimum absolute atomic E-state index is 0.0701. The molecule has 0 atom stereocenters. The predicted octanol–water partition coefficient (Wildman–Crippen LogP) is 4.37. The third-order valence-corrected chi connectivity index (χ3v) is 5.66. The summed E-state index contributed by atoms with van der Waals surface area (Å²) in [6.45, 7) is 8.66. The number of hydrogen-bond acceptors (Lipinski definition) is 4. The highest BCUT2D eigenvalue weighted by Crippen LogP contribution is 2.28. The van der Waals surface area contributed by atoms with Gasteiger partial charge < -0.3 is 5.32 Å². The fraction of sp³-hybridized carbons (Fsp3) is 0.350. The Morgan fingerprint density at radius 3 is 2.69 bits per heavy atom. The lowest BCUT2D eigenvalue weighted by molar-refractivity contribution is 0.103. The number of carbonyl (C=O) groups is 1. The van der Waals surface area contributed by atoms with E-state index in [0.29, 0.717) is 33.1 Å². The summed E-state index contributed by atoms with van der Waals surface area (Å²) in [5.74, 6) is 0.310. The first-order valence-electron chi connectivity index (χ1n) is 8.74. The van der Waals surface area contributed by atoms with Gasteiger partial charge in [0.05, 0.1) is 16.6 Å². The zero-order chi connectivity index (χ0) is 18.8. The second-order valence-electron chi connectivity index (χ2n) is 6.93. The van der Waals surface area contributed by atoms with Crippen LogP contribution in [0.25, 0.3) is 10.2 Å². The Labute approximate surface area is 156 Å². The van der Waals surface area contributed by atoms with Crippen LogP contribution in [-0.4, -0.2) is 15.5 Å². The summed E-state index contributed by atoms with van der Waals surface area (Å²) in [7, 11) is 0. The van der Waals surface area contributed by atoms with Crippen LogP contribution in [0, 0.1) is 19.8 Å². The maximum Gasteiger partial charge on any atom is 0.266 e. The van der Waals surface area contributed by atoms with E-state index in [4.69, 9.17) is 0 Å². The zero-order valence-electron chi connectivity index (χ0n) is 15.5. The van der Waals surface area contributed by atoms with E-state index in [-0.39, 0.29) is 11.5 Å². The largest absolute Gasteiger partial charge is 0.321 e. The molecule has 2 heterocycles. The van der Waals surface area contributed by atoms with Crippen LogP contribution in [-0.2, 0) is 6.54 Å². The molecule has 0 fully saturated rings.